The van der Waals surface area contributed by atoms with Crippen molar-refractivity contribution in [2.45, 2.75) is 51.4 Å². The van der Waals surface area contributed by atoms with E-state index in [1.807, 2.05) is 31.9 Å². The van der Waals surface area contributed by atoms with Gasteiger partial charge in [0, 0.05) is 18.9 Å². The number of imidazole rings is 1. The van der Waals surface area contributed by atoms with Gasteiger partial charge in [-0.2, -0.15) is 0 Å². The topological polar surface area (TPSA) is 47.4 Å². The molecule has 4 heterocycles. The zero-order valence-corrected chi connectivity index (χ0v) is 10.4. The second-order valence-electron chi connectivity index (χ2n) is 5.73. The Kier molecular flexibility index (Phi) is 2.03. The lowest BCUT2D eigenvalue weighted by atomic mass is 9.89. The Bertz CT molecular complexity index is 461. The minimum absolute atomic E-state index is 0.110. The molecule has 0 unspecified atom stereocenters. The van der Waals surface area contributed by atoms with Gasteiger partial charge in [-0.3, -0.25) is 4.90 Å². The van der Waals surface area contributed by atoms with E-state index in [0.717, 1.165) is 18.8 Å². The van der Waals surface area contributed by atoms with Crippen LogP contribution in [0, 0.1) is 0 Å². The molecule has 1 aromatic rings. The number of carbonyl (C=O) groups is 1. The van der Waals surface area contributed by atoms with Crippen LogP contribution in [0.1, 0.15) is 39.1 Å². The fourth-order valence-electron chi connectivity index (χ4n) is 2.58. The van der Waals surface area contributed by atoms with Gasteiger partial charge in [-0.25, -0.2) is 9.78 Å². The number of nitrogens with zero attached hydrogens (tertiary/aromatic N) is 3. The van der Waals surface area contributed by atoms with E-state index in [0.29, 0.717) is 0 Å². The predicted octanol–water partition coefficient (Wildman–Crippen LogP) is 1.95. The van der Waals surface area contributed by atoms with Crippen LogP contribution < -0.4 is 0 Å². The third kappa shape index (κ3) is 1.61. The molecule has 92 valence electrons. The molecule has 1 fully saturated rings. The Hall–Kier alpha value is -1.52. The van der Waals surface area contributed by atoms with Crippen molar-refractivity contribution in [3.8, 4) is 0 Å². The number of aromatic nitrogens is 2. The van der Waals surface area contributed by atoms with Gasteiger partial charge in [0.25, 0.3) is 0 Å². The highest BCUT2D eigenvalue weighted by molar-refractivity contribution is 5.70. The van der Waals surface area contributed by atoms with Gasteiger partial charge < -0.3 is 9.30 Å². The molecule has 1 saturated heterocycles. The molecule has 4 rings (SSSR count). The van der Waals surface area contributed by atoms with Gasteiger partial charge in [0.2, 0.25) is 0 Å². The van der Waals surface area contributed by atoms with Gasteiger partial charge in [-0.1, -0.05) is 0 Å². The van der Waals surface area contributed by atoms with Crippen LogP contribution in [0.15, 0.2) is 12.4 Å². The van der Waals surface area contributed by atoms with Crippen molar-refractivity contribution in [1.29, 1.82) is 0 Å². The summed E-state index contributed by atoms with van der Waals surface area (Å²) in [6, 6.07) is 0.384. The first-order valence-electron chi connectivity index (χ1n) is 5.98. The third-order valence-electron chi connectivity index (χ3n) is 3.28. The summed E-state index contributed by atoms with van der Waals surface area (Å²) < 4.78 is 7.54. The summed E-state index contributed by atoms with van der Waals surface area (Å²) in [6.07, 6.45) is 4.56. The normalized spacial score (nSPS) is 26.2. The van der Waals surface area contributed by atoms with Crippen LogP contribution in [-0.2, 0) is 11.3 Å². The van der Waals surface area contributed by atoms with Crippen LogP contribution in [-0.4, -0.2) is 32.2 Å². The fraction of sp³-hybridized carbons (Fsp3) is 0.667. The van der Waals surface area contributed by atoms with Gasteiger partial charge in [-0.15, -0.1) is 0 Å². The predicted molar refractivity (Wildman–Crippen MR) is 61.4 cm³/mol. The number of rotatable bonds is 0. The highest BCUT2D eigenvalue weighted by Crippen LogP contribution is 2.43. The average Bonchev–Trinajstić information content (AvgIpc) is 2.60. The maximum atomic E-state index is 12.1. The van der Waals surface area contributed by atoms with Crippen LogP contribution in [0.2, 0.25) is 0 Å². The molecule has 0 N–H and O–H groups in total. The molecule has 3 aliphatic heterocycles. The van der Waals surface area contributed by atoms with Crippen molar-refractivity contribution < 1.29 is 9.53 Å². The Morgan fingerprint density at radius 1 is 1.53 bits per heavy atom. The van der Waals surface area contributed by atoms with Crippen LogP contribution >= 0.6 is 0 Å². The second-order valence-corrected chi connectivity index (χ2v) is 5.73. The minimum Gasteiger partial charge on any atom is -0.444 e. The van der Waals surface area contributed by atoms with E-state index in [4.69, 9.17) is 4.74 Å². The van der Waals surface area contributed by atoms with Crippen molar-refractivity contribution in [3.63, 3.8) is 0 Å². The fourth-order valence-corrected chi connectivity index (χ4v) is 2.58. The number of ether oxygens (including phenoxy) is 1. The Balaban J connectivity index is 1.79. The largest absolute Gasteiger partial charge is 0.444 e. The average molecular weight is 235 g/mol. The molecule has 2 atom stereocenters. The first kappa shape index (κ1) is 10.6. The van der Waals surface area contributed by atoms with Gasteiger partial charge in [0.05, 0.1) is 12.1 Å². The van der Waals surface area contributed by atoms with Crippen molar-refractivity contribution in [3.05, 3.63) is 18.2 Å². The van der Waals surface area contributed by atoms with Crippen molar-refractivity contribution in [2.75, 3.05) is 0 Å². The number of carbonyl (C=O) groups excluding carboxylic acids is 1. The molecule has 0 aliphatic carbocycles. The second kappa shape index (κ2) is 3.24. The number of amides is 1. The highest BCUT2D eigenvalue weighted by Gasteiger charge is 2.49. The summed E-state index contributed by atoms with van der Waals surface area (Å²) in [7, 11) is 0. The first-order chi connectivity index (χ1) is 7.96. The summed E-state index contributed by atoms with van der Waals surface area (Å²) >= 11 is 0. The van der Waals surface area contributed by atoms with Crippen molar-refractivity contribution >= 4 is 6.09 Å². The summed E-state index contributed by atoms with van der Waals surface area (Å²) in [6.45, 7) is 6.51. The Morgan fingerprint density at radius 2 is 2.29 bits per heavy atom. The third-order valence-corrected chi connectivity index (χ3v) is 3.28. The molecule has 0 radical (unpaired) electrons. The SMILES string of the molecule is CC(C)(C)OC(=O)N1[C@@H]2C[C@H]1c1nccn1C2. The Labute approximate surface area is 100 Å². The zero-order valence-electron chi connectivity index (χ0n) is 10.4. The van der Waals surface area contributed by atoms with Crippen molar-refractivity contribution in [1.82, 2.24) is 14.5 Å². The zero-order chi connectivity index (χ0) is 12.2. The van der Waals surface area contributed by atoms with E-state index in [2.05, 4.69) is 9.55 Å². The van der Waals surface area contributed by atoms with Gasteiger partial charge in [0.1, 0.15) is 11.4 Å². The van der Waals surface area contributed by atoms with E-state index in [1.165, 1.54) is 0 Å². The van der Waals surface area contributed by atoms with Crippen LogP contribution in [0.5, 0.6) is 0 Å². The summed E-state index contributed by atoms with van der Waals surface area (Å²) in [5.41, 5.74) is -0.434. The van der Waals surface area contributed by atoms with E-state index in [-0.39, 0.29) is 18.2 Å². The van der Waals surface area contributed by atoms with Crippen LogP contribution in [0.3, 0.4) is 0 Å². The monoisotopic (exact) mass is 235 g/mol. The standard InChI is InChI=1S/C12H17N3O2/c1-12(2,3)17-11(16)15-8-6-9(15)10-13-4-5-14(10)7-8/h4-5,8-9H,6-7H2,1-3H3/t8-,9+/m1/s1. The van der Waals surface area contributed by atoms with E-state index < -0.39 is 5.60 Å². The lowest BCUT2D eigenvalue weighted by Crippen LogP contribution is -2.59. The lowest BCUT2D eigenvalue weighted by molar-refractivity contribution is -0.0517. The molecule has 0 aromatic carbocycles. The molecular formula is C12H17N3O2. The summed E-state index contributed by atoms with van der Waals surface area (Å²) in [5, 5.41) is 0. The van der Waals surface area contributed by atoms with E-state index in [9.17, 15) is 4.79 Å². The van der Waals surface area contributed by atoms with Gasteiger partial charge in [-0.05, 0) is 27.2 Å². The summed E-state index contributed by atoms with van der Waals surface area (Å²) in [4.78, 5) is 18.2. The van der Waals surface area contributed by atoms with E-state index in [1.54, 1.807) is 6.20 Å². The molecule has 17 heavy (non-hydrogen) atoms. The first-order valence-corrected chi connectivity index (χ1v) is 5.98. The Morgan fingerprint density at radius 3 is 3.00 bits per heavy atom. The quantitative estimate of drug-likeness (QED) is 0.690. The summed E-state index contributed by atoms with van der Waals surface area (Å²) in [5.74, 6) is 0.985. The molecule has 1 amide bonds. The van der Waals surface area contributed by atoms with Crippen LogP contribution in [0.25, 0.3) is 0 Å². The van der Waals surface area contributed by atoms with Crippen LogP contribution in [0.4, 0.5) is 4.79 Å². The number of hydrogen-bond donors (Lipinski definition) is 0. The smallest absolute Gasteiger partial charge is 0.411 e. The highest BCUT2D eigenvalue weighted by atomic mass is 16.6. The van der Waals surface area contributed by atoms with E-state index >= 15 is 0 Å². The number of hydrogen-bond acceptors (Lipinski definition) is 3. The molecule has 0 spiro atoms. The molecule has 1 aromatic heterocycles. The molecule has 5 heteroatoms. The van der Waals surface area contributed by atoms with Gasteiger partial charge >= 0.3 is 6.09 Å². The maximum absolute atomic E-state index is 12.1. The minimum atomic E-state index is -0.434. The lowest BCUT2D eigenvalue weighted by Gasteiger charge is -2.51. The molecule has 0 saturated carbocycles. The molecule has 3 aliphatic rings. The maximum Gasteiger partial charge on any atom is 0.411 e. The van der Waals surface area contributed by atoms with Gasteiger partial charge in [0.15, 0.2) is 0 Å². The molecule has 5 nitrogen and oxygen atoms in total. The molecular weight excluding hydrogens is 218 g/mol. The molecule has 2 bridgehead atoms. The van der Waals surface area contributed by atoms with Crippen molar-refractivity contribution in [2.24, 2.45) is 0 Å².